The number of thiazole rings is 1. The zero-order valence-electron chi connectivity index (χ0n) is 13.9. The Labute approximate surface area is 157 Å². The molecule has 6 nitrogen and oxygen atoms in total. The van der Waals surface area contributed by atoms with Crippen LogP contribution in [0.3, 0.4) is 0 Å². The first-order valence-electron chi connectivity index (χ1n) is 7.66. The predicted molar refractivity (Wildman–Crippen MR) is 100 cm³/mol. The Morgan fingerprint density at radius 1 is 1.38 bits per heavy atom. The summed E-state index contributed by atoms with van der Waals surface area (Å²) in [6.45, 7) is 3.71. The Balaban J connectivity index is 1.79. The van der Waals surface area contributed by atoms with Gasteiger partial charge in [0.15, 0.2) is 5.17 Å². The summed E-state index contributed by atoms with van der Waals surface area (Å²) in [6.07, 6.45) is 1.65. The van der Waals surface area contributed by atoms with E-state index in [0.29, 0.717) is 31.3 Å². The molecular formula is C17H14FN3O3S2. The van der Waals surface area contributed by atoms with E-state index in [-0.39, 0.29) is 18.3 Å². The van der Waals surface area contributed by atoms with Crippen LogP contribution in [-0.2, 0) is 9.53 Å². The number of benzene rings is 1. The van der Waals surface area contributed by atoms with E-state index in [1.165, 1.54) is 12.1 Å². The van der Waals surface area contributed by atoms with Gasteiger partial charge in [0.25, 0.3) is 5.91 Å². The Bertz CT molecular complexity index is 920. The van der Waals surface area contributed by atoms with E-state index in [4.69, 9.17) is 4.74 Å². The van der Waals surface area contributed by atoms with Crippen LogP contribution in [0, 0.1) is 12.7 Å². The van der Waals surface area contributed by atoms with Gasteiger partial charge in [0.2, 0.25) is 5.13 Å². The second-order valence-electron chi connectivity index (χ2n) is 5.16. The van der Waals surface area contributed by atoms with Crippen molar-refractivity contribution in [3.8, 4) is 0 Å². The van der Waals surface area contributed by atoms with Crippen molar-refractivity contribution in [2.24, 2.45) is 4.99 Å². The van der Waals surface area contributed by atoms with Crippen molar-refractivity contribution in [1.82, 2.24) is 10.3 Å². The Morgan fingerprint density at radius 2 is 2.12 bits per heavy atom. The molecule has 0 aliphatic carbocycles. The molecule has 1 amide bonds. The summed E-state index contributed by atoms with van der Waals surface area (Å²) >= 11 is 2.26. The summed E-state index contributed by atoms with van der Waals surface area (Å²) < 4.78 is 17.9. The molecule has 0 spiro atoms. The summed E-state index contributed by atoms with van der Waals surface area (Å²) in [5.41, 5.74) is 1.24. The van der Waals surface area contributed by atoms with Gasteiger partial charge in [0.1, 0.15) is 10.7 Å². The lowest BCUT2D eigenvalue weighted by Gasteiger charge is -1.97. The summed E-state index contributed by atoms with van der Waals surface area (Å²) in [5, 5.41) is 3.38. The zero-order chi connectivity index (χ0) is 18.7. The van der Waals surface area contributed by atoms with Crippen molar-refractivity contribution >= 4 is 51.4 Å². The number of ether oxygens (including phenoxy) is 1. The van der Waals surface area contributed by atoms with Crippen molar-refractivity contribution in [3.05, 3.63) is 51.1 Å². The Hall–Kier alpha value is -2.52. The molecule has 2 aromatic rings. The molecule has 1 fully saturated rings. The van der Waals surface area contributed by atoms with Gasteiger partial charge in [0, 0.05) is 0 Å². The molecule has 0 unspecified atom stereocenters. The highest BCUT2D eigenvalue weighted by molar-refractivity contribution is 8.18. The number of aromatic nitrogens is 1. The molecule has 0 bridgehead atoms. The van der Waals surface area contributed by atoms with Crippen LogP contribution in [0.2, 0.25) is 0 Å². The Morgan fingerprint density at radius 3 is 2.81 bits per heavy atom. The minimum absolute atomic E-state index is 0.281. The lowest BCUT2D eigenvalue weighted by molar-refractivity contribution is -0.115. The molecule has 0 saturated carbocycles. The Kier molecular flexibility index (Phi) is 5.48. The van der Waals surface area contributed by atoms with Gasteiger partial charge in [-0.05, 0) is 49.4 Å². The molecule has 3 rings (SSSR count). The molecule has 26 heavy (non-hydrogen) atoms. The topological polar surface area (TPSA) is 80.6 Å². The summed E-state index contributed by atoms with van der Waals surface area (Å²) in [6, 6.07) is 5.82. The fourth-order valence-corrected chi connectivity index (χ4v) is 3.81. The average Bonchev–Trinajstić information content (AvgIpc) is 3.12. The lowest BCUT2D eigenvalue weighted by atomic mass is 10.2. The normalized spacial score (nSPS) is 17.0. The molecular weight excluding hydrogens is 377 g/mol. The van der Waals surface area contributed by atoms with Crippen LogP contribution in [0.15, 0.2) is 34.2 Å². The second-order valence-corrected chi connectivity index (χ2v) is 7.17. The monoisotopic (exact) mass is 391 g/mol. The third-order valence-corrected chi connectivity index (χ3v) is 5.20. The van der Waals surface area contributed by atoms with Crippen LogP contribution < -0.4 is 5.32 Å². The molecule has 1 aliphatic rings. The number of nitrogens with zero attached hydrogens (tertiary/aromatic N) is 2. The number of halogens is 1. The van der Waals surface area contributed by atoms with Crippen LogP contribution in [-0.4, -0.2) is 28.6 Å². The molecule has 0 radical (unpaired) electrons. The zero-order valence-corrected chi connectivity index (χ0v) is 15.5. The summed E-state index contributed by atoms with van der Waals surface area (Å²) in [4.78, 5) is 33.2. The summed E-state index contributed by atoms with van der Waals surface area (Å²) in [7, 11) is 0. The quantitative estimate of drug-likeness (QED) is 0.635. The highest BCUT2D eigenvalue weighted by atomic mass is 32.2. The molecule has 1 N–H and O–H groups in total. The number of amidine groups is 1. The van der Waals surface area contributed by atoms with Crippen LogP contribution >= 0.6 is 23.1 Å². The molecule has 1 aliphatic heterocycles. The number of thioether (sulfide) groups is 1. The van der Waals surface area contributed by atoms with Crippen molar-refractivity contribution in [1.29, 1.82) is 0 Å². The first-order chi connectivity index (χ1) is 12.5. The third-order valence-electron chi connectivity index (χ3n) is 3.26. The van der Waals surface area contributed by atoms with Gasteiger partial charge in [-0.15, -0.1) is 0 Å². The maximum atomic E-state index is 13.0. The minimum atomic E-state index is -0.436. The minimum Gasteiger partial charge on any atom is -0.462 e. The third kappa shape index (κ3) is 4.17. The maximum Gasteiger partial charge on any atom is 0.350 e. The number of esters is 1. The van der Waals surface area contributed by atoms with Gasteiger partial charge >= 0.3 is 5.97 Å². The average molecular weight is 391 g/mol. The van der Waals surface area contributed by atoms with E-state index >= 15 is 0 Å². The number of hydrogen-bond donors (Lipinski definition) is 1. The number of carbonyl (C=O) groups excluding carboxylic acids is 2. The van der Waals surface area contributed by atoms with Crippen molar-refractivity contribution in [3.63, 3.8) is 0 Å². The summed E-state index contributed by atoms with van der Waals surface area (Å²) in [5.74, 6) is -1.07. The van der Waals surface area contributed by atoms with Gasteiger partial charge in [-0.3, -0.25) is 4.79 Å². The van der Waals surface area contributed by atoms with Crippen LogP contribution in [0.4, 0.5) is 9.52 Å². The van der Waals surface area contributed by atoms with Gasteiger partial charge in [-0.2, -0.15) is 4.99 Å². The number of carbonyl (C=O) groups is 2. The SMILES string of the molecule is CCOC(=O)c1sc(/N=C2\NC(=O)/C(=C/c3ccc(F)cc3)S2)nc1C. The van der Waals surface area contributed by atoms with E-state index in [2.05, 4.69) is 15.3 Å². The first-order valence-corrected chi connectivity index (χ1v) is 9.29. The van der Waals surface area contributed by atoms with E-state index in [1.807, 2.05) is 0 Å². The van der Waals surface area contributed by atoms with Crippen LogP contribution in [0.1, 0.15) is 27.9 Å². The number of aliphatic imine (C=N–C) groups is 1. The smallest absolute Gasteiger partial charge is 0.350 e. The van der Waals surface area contributed by atoms with Crippen molar-refractivity contribution in [2.45, 2.75) is 13.8 Å². The number of amides is 1. The molecule has 2 heterocycles. The predicted octanol–water partition coefficient (Wildman–Crippen LogP) is 3.66. The van der Waals surface area contributed by atoms with E-state index in [9.17, 15) is 14.0 Å². The van der Waals surface area contributed by atoms with Gasteiger partial charge in [0.05, 0.1) is 17.2 Å². The van der Waals surface area contributed by atoms with Crippen molar-refractivity contribution in [2.75, 3.05) is 6.61 Å². The fraction of sp³-hybridized carbons (Fsp3) is 0.176. The van der Waals surface area contributed by atoms with Crippen LogP contribution in [0.5, 0.6) is 0 Å². The fourth-order valence-electron chi connectivity index (χ4n) is 2.09. The first kappa shape index (κ1) is 18.3. The molecule has 1 aromatic carbocycles. The molecule has 1 aromatic heterocycles. The van der Waals surface area contributed by atoms with E-state index in [1.54, 1.807) is 32.1 Å². The molecule has 0 atom stereocenters. The maximum absolute atomic E-state index is 13.0. The number of nitrogens with one attached hydrogen (secondary N) is 1. The largest absolute Gasteiger partial charge is 0.462 e. The standard InChI is InChI=1S/C17H14FN3O3S2/c1-3-24-15(23)13-9(2)19-16(26-13)21-17-20-14(22)12(25-17)8-10-4-6-11(18)7-5-10/h4-8H,3H2,1-2H3,(H,19,20,21,22)/b12-8-. The van der Waals surface area contributed by atoms with E-state index in [0.717, 1.165) is 23.1 Å². The van der Waals surface area contributed by atoms with Gasteiger partial charge < -0.3 is 10.1 Å². The number of hydrogen-bond acceptors (Lipinski definition) is 7. The second kappa shape index (κ2) is 7.79. The molecule has 134 valence electrons. The number of rotatable bonds is 4. The van der Waals surface area contributed by atoms with Crippen LogP contribution in [0.25, 0.3) is 6.08 Å². The van der Waals surface area contributed by atoms with Crippen molar-refractivity contribution < 1.29 is 18.7 Å². The van der Waals surface area contributed by atoms with Gasteiger partial charge in [-0.1, -0.05) is 23.5 Å². The van der Waals surface area contributed by atoms with E-state index < -0.39 is 5.97 Å². The highest BCUT2D eigenvalue weighted by Gasteiger charge is 2.25. The van der Waals surface area contributed by atoms with Gasteiger partial charge in [-0.25, -0.2) is 14.2 Å². The lowest BCUT2D eigenvalue weighted by Crippen LogP contribution is -2.19. The number of aryl methyl sites for hydroxylation is 1. The molecule has 9 heteroatoms. The highest BCUT2D eigenvalue weighted by Crippen LogP contribution is 2.31. The molecule has 1 saturated heterocycles.